The molecular formula is C19H19N3O2S. The number of amides is 1. The molecule has 25 heavy (non-hydrogen) atoms. The Balaban J connectivity index is 1.83. The molecule has 0 bridgehead atoms. The van der Waals surface area contributed by atoms with Crippen LogP contribution in [-0.2, 0) is 0 Å². The fourth-order valence-corrected chi connectivity index (χ4v) is 3.37. The quantitative estimate of drug-likeness (QED) is 0.749. The van der Waals surface area contributed by atoms with Crippen molar-refractivity contribution in [2.75, 3.05) is 31.4 Å². The Morgan fingerprint density at radius 2 is 1.92 bits per heavy atom. The third kappa shape index (κ3) is 3.80. The van der Waals surface area contributed by atoms with Crippen molar-refractivity contribution in [2.45, 2.75) is 0 Å². The second kappa shape index (κ2) is 7.36. The molecule has 0 aliphatic rings. The summed E-state index contributed by atoms with van der Waals surface area (Å²) in [5.41, 5.74) is 1.70. The SMILES string of the molecule is COc1cc(-c2ccccc2)sc1C(=O)Nc1ccc(N(C)C)nc1. The molecule has 128 valence electrons. The van der Waals surface area contributed by atoms with Crippen molar-refractivity contribution in [1.29, 1.82) is 0 Å². The summed E-state index contributed by atoms with van der Waals surface area (Å²) < 4.78 is 5.38. The first-order valence-electron chi connectivity index (χ1n) is 7.76. The minimum Gasteiger partial charge on any atom is -0.495 e. The van der Waals surface area contributed by atoms with Crippen LogP contribution < -0.4 is 15.0 Å². The fraction of sp³-hybridized carbons (Fsp3) is 0.158. The summed E-state index contributed by atoms with van der Waals surface area (Å²) >= 11 is 1.41. The molecule has 0 atom stereocenters. The topological polar surface area (TPSA) is 54.5 Å². The number of aromatic nitrogens is 1. The molecule has 0 unspecified atom stereocenters. The van der Waals surface area contributed by atoms with E-state index in [1.165, 1.54) is 11.3 Å². The Labute approximate surface area is 150 Å². The molecule has 5 nitrogen and oxygen atoms in total. The number of ether oxygens (including phenoxy) is 1. The Morgan fingerprint density at radius 3 is 2.52 bits per heavy atom. The zero-order chi connectivity index (χ0) is 17.8. The van der Waals surface area contributed by atoms with Crippen molar-refractivity contribution in [3.63, 3.8) is 0 Å². The first-order chi connectivity index (χ1) is 12.1. The van der Waals surface area contributed by atoms with Gasteiger partial charge in [-0.2, -0.15) is 0 Å². The number of nitrogens with zero attached hydrogens (tertiary/aromatic N) is 2. The fourth-order valence-electron chi connectivity index (χ4n) is 2.34. The zero-order valence-corrected chi connectivity index (χ0v) is 15.1. The third-order valence-corrected chi connectivity index (χ3v) is 4.81. The van der Waals surface area contributed by atoms with Gasteiger partial charge in [0, 0.05) is 19.0 Å². The maximum Gasteiger partial charge on any atom is 0.269 e. The lowest BCUT2D eigenvalue weighted by atomic mass is 10.2. The maximum absolute atomic E-state index is 12.6. The van der Waals surface area contributed by atoms with Crippen molar-refractivity contribution in [1.82, 2.24) is 4.98 Å². The van der Waals surface area contributed by atoms with Crippen LogP contribution in [-0.4, -0.2) is 32.1 Å². The predicted octanol–water partition coefficient (Wildman–Crippen LogP) is 4.14. The van der Waals surface area contributed by atoms with Gasteiger partial charge in [-0.25, -0.2) is 4.98 Å². The van der Waals surface area contributed by atoms with Crippen LogP contribution in [0.4, 0.5) is 11.5 Å². The summed E-state index contributed by atoms with van der Waals surface area (Å²) in [6.45, 7) is 0. The Bertz CT molecular complexity index is 858. The first-order valence-corrected chi connectivity index (χ1v) is 8.58. The maximum atomic E-state index is 12.6. The largest absolute Gasteiger partial charge is 0.495 e. The summed E-state index contributed by atoms with van der Waals surface area (Å²) in [5.74, 6) is 1.20. The monoisotopic (exact) mass is 353 g/mol. The van der Waals surface area contributed by atoms with Gasteiger partial charge >= 0.3 is 0 Å². The highest BCUT2D eigenvalue weighted by molar-refractivity contribution is 7.17. The van der Waals surface area contributed by atoms with Gasteiger partial charge in [-0.05, 0) is 23.8 Å². The average molecular weight is 353 g/mol. The molecule has 0 spiro atoms. The lowest BCUT2D eigenvalue weighted by molar-refractivity contribution is 0.102. The molecule has 3 aromatic rings. The molecule has 1 aromatic carbocycles. The molecule has 6 heteroatoms. The van der Waals surface area contributed by atoms with Gasteiger partial charge < -0.3 is 15.0 Å². The van der Waals surface area contributed by atoms with Crippen LogP contribution >= 0.6 is 11.3 Å². The molecule has 0 aliphatic carbocycles. The number of hydrogen-bond acceptors (Lipinski definition) is 5. The van der Waals surface area contributed by atoms with Crippen LogP contribution in [0.25, 0.3) is 10.4 Å². The van der Waals surface area contributed by atoms with Crippen LogP contribution in [0, 0.1) is 0 Å². The van der Waals surface area contributed by atoms with Gasteiger partial charge in [0.15, 0.2) is 0 Å². The Kier molecular flexibility index (Phi) is 5.00. The van der Waals surface area contributed by atoms with Gasteiger partial charge in [-0.15, -0.1) is 11.3 Å². The zero-order valence-electron chi connectivity index (χ0n) is 14.3. The number of nitrogens with one attached hydrogen (secondary N) is 1. The molecule has 0 saturated carbocycles. The van der Waals surface area contributed by atoms with Crippen LogP contribution in [0.1, 0.15) is 9.67 Å². The van der Waals surface area contributed by atoms with Crippen molar-refractivity contribution in [2.24, 2.45) is 0 Å². The highest BCUT2D eigenvalue weighted by Gasteiger charge is 2.18. The second-order valence-corrected chi connectivity index (χ2v) is 6.68. The summed E-state index contributed by atoms with van der Waals surface area (Å²) in [6.07, 6.45) is 1.64. The molecule has 1 N–H and O–H groups in total. The smallest absolute Gasteiger partial charge is 0.269 e. The number of carbonyl (C=O) groups excluding carboxylic acids is 1. The van der Waals surface area contributed by atoms with E-state index in [-0.39, 0.29) is 5.91 Å². The minimum absolute atomic E-state index is 0.205. The molecule has 2 heterocycles. The third-order valence-electron chi connectivity index (χ3n) is 3.65. The number of pyridine rings is 1. The van der Waals surface area contributed by atoms with Crippen LogP contribution in [0.5, 0.6) is 5.75 Å². The molecule has 0 fully saturated rings. The number of thiophene rings is 1. The lowest BCUT2D eigenvalue weighted by Crippen LogP contribution is -2.13. The van der Waals surface area contributed by atoms with Crippen LogP contribution in [0.2, 0.25) is 0 Å². The number of carbonyl (C=O) groups is 1. The molecular weight excluding hydrogens is 334 g/mol. The van der Waals surface area contributed by atoms with Gasteiger partial charge in [-0.3, -0.25) is 4.79 Å². The van der Waals surface area contributed by atoms with Gasteiger partial charge in [-0.1, -0.05) is 30.3 Å². The van der Waals surface area contributed by atoms with E-state index in [9.17, 15) is 4.79 Å². The number of rotatable bonds is 5. The van der Waals surface area contributed by atoms with Gasteiger partial charge in [0.2, 0.25) is 0 Å². The number of benzene rings is 1. The molecule has 0 aliphatic heterocycles. The molecule has 2 aromatic heterocycles. The van der Waals surface area contributed by atoms with E-state index < -0.39 is 0 Å². The van der Waals surface area contributed by atoms with E-state index in [1.807, 2.05) is 67.5 Å². The molecule has 0 radical (unpaired) electrons. The molecule has 0 saturated heterocycles. The van der Waals surface area contributed by atoms with Crippen molar-refractivity contribution < 1.29 is 9.53 Å². The van der Waals surface area contributed by atoms with E-state index >= 15 is 0 Å². The molecule has 1 amide bonds. The van der Waals surface area contributed by atoms with Crippen LogP contribution in [0.3, 0.4) is 0 Å². The summed E-state index contributed by atoms with van der Waals surface area (Å²) in [4.78, 5) is 20.4. The van der Waals surface area contributed by atoms with Crippen molar-refractivity contribution in [3.8, 4) is 16.2 Å². The van der Waals surface area contributed by atoms with Crippen LogP contribution in [0.15, 0.2) is 54.7 Å². The predicted molar refractivity (Wildman–Crippen MR) is 103 cm³/mol. The summed E-state index contributed by atoms with van der Waals surface area (Å²) in [7, 11) is 5.41. The van der Waals surface area contributed by atoms with Gasteiger partial charge in [0.05, 0.1) is 19.0 Å². The lowest BCUT2D eigenvalue weighted by Gasteiger charge is -2.11. The van der Waals surface area contributed by atoms with E-state index in [4.69, 9.17) is 4.74 Å². The highest BCUT2D eigenvalue weighted by atomic mass is 32.1. The van der Waals surface area contributed by atoms with Gasteiger partial charge in [0.1, 0.15) is 16.4 Å². The Morgan fingerprint density at radius 1 is 1.16 bits per heavy atom. The van der Waals surface area contributed by atoms with Crippen molar-refractivity contribution in [3.05, 3.63) is 59.6 Å². The minimum atomic E-state index is -0.205. The Hall–Kier alpha value is -2.86. The summed E-state index contributed by atoms with van der Waals surface area (Å²) in [6, 6.07) is 15.5. The normalized spacial score (nSPS) is 10.4. The van der Waals surface area contributed by atoms with Gasteiger partial charge in [0.25, 0.3) is 5.91 Å². The second-order valence-electron chi connectivity index (χ2n) is 5.63. The van der Waals surface area contributed by atoms with E-state index in [0.29, 0.717) is 16.3 Å². The first kappa shape index (κ1) is 17.0. The standard InChI is InChI=1S/C19H19N3O2S/c1-22(2)17-10-9-14(12-20-17)21-19(23)18-15(24-3)11-16(25-18)13-7-5-4-6-8-13/h4-12H,1-3H3,(H,21,23). The highest BCUT2D eigenvalue weighted by Crippen LogP contribution is 2.36. The van der Waals surface area contributed by atoms with E-state index in [0.717, 1.165) is 16.3 Å². The van der Waals surface area contributed by atoms with E-state index in [2.05, 4.69) is 10.3 Å². The number of hydrogen-bond donors (Lipinski definition) is 1. The number of methoxy groups -OCH3 is 1. The van der Waals surface area contributed by atoms with Crippen molar-refractivity contribution >= 4 is 28.7 Å². The number of anilines is 2. The molecule has 3 rings (SSSR count). The average Bonchev–Trinajstić information content (AvgIpc) is 3.07. The van der Waals surface area contributed by atoms with E-state index in [1.54, 1.807) is 13.3 Å². The summed E-state index contributed by atoms with van der Waals surface area (Å²) in [5, 5.41) is 2.87.